The van der Waals surface area contributed by atoms with Crippen LogP contribution in [0.3, 0.4) is 0 Å². The molecule has 10 unspecified atom stereocenters. The number of fused-ring (bicyclic) bond motifs is 6. The zero-order chi connectivity index (χ0) is 18.5. The SMILES string of the molecule is CC1CC(=O)C(O)C2(C)C1CC(=O)C1(C)C3C(=O)OC(C3C)C(O)C12. The van der Waals surface area contributed by atoms with E-state index in [2.05, 4.69) is 0 Å². The molecule has 4 aliphatic rings. The van der Waals surface area contributed by atoms with E-state index in [1.807, 2.05) is 20.8 Å². The molecular weight excluding hydrogens is 324 g/mol. The van der Waals surface area contributed by atoms with Gasteiger partial charge < -0.3 is 14.9 Å². The fourth-order valence-corrected chi connectivity index (χ4v) is 6.96. The first-order chi connectivity index (χ1) is 11.6. The maximum atomic E-state index is 13.2. The molecule has 3 saturated carbocycles. The lowest BCUT2D eigenvalue weighted by Gasteiger charge is -2.63. The zero-order valence-corrected chi connectivity index (χ0v) is 15.1. The minimum absolute atomic E-state index is 0.0461. The van der Waals surface area contributed by atoms with Crippen molar-refractivity contribution in [3.05, 3.63) is 0 Å². The van der Waals surface area contributed by atoms with Crippen LogP contribution >= 0.6 is 0 Å². The van der Waals surface area contributed by atoms with Gasteiger partial charge in [-0.2, -0.15) is 0 Å². The molecule has 0 aromatic rings. The summed E-state index contributed by atoms with van der Waals surface area (Å²) in [6.45, 7) is 7.30. The van der Waals surface area contributed by atoms with Gasteiger partial charge in [-0.05, 0) is 11.8 Å². The van der Waals surface area contributed by atoms with Gasteiger partial charge in [-0.25, -0.2) is 0 Å². The van der Waals surface area contributed by atoms with Crippen LogP contribution in [0, 0.1) is 40.4 Å². The van der Waals surface area contributed by atoms with Crippen molar-refractivity contribution >= 4 is 17.5 Å². The lowest BCUT2D eigenvalue weighted by Crippen LogP contribution is -2.71. The molecule has 0 aromatic carbocycles. The van der Waals surface area contributed by atoms with Crippen LogP contribution in [0.1, 0.15) is 40.5 Å². The maximum Gasteiger partial charge on any atom is 0.310 e. The van der Waals surface area contributed by atoms with E-state index in [1.165, 1.54) is 0 Å². The van der Waals surface area contributed by atoms with Crippen molar-refractivity contribution < 1.29 is 29.3 Å². The Morgan fingerprint density at radius 3 is 2.36 bits per heavy atom. The number of esters is 1. The summed E-state index contributed by atoms with van der Waals surface area (Å²) in [5.41, 5.74) is -2.06. The molecule has 2 bridgehead atoms. The summed E-state index contributed by atoms with van der Waals surface area (Å²) >= 11 is 0. The van der Waals surface area contributed by atoms with Crippen molar-refractivity contribution in [2.75, 3.05) is 0 Å². The Kier molecular flexibility index (Phi) is 3.37. The first-order valence-corrected chi connectivity index (χ1v) is 9.18. The van der Waals surface area contributed by atoms with Crippen LogP contribution < -0.4 is 0 Å². The normalized spacial score (nSPS) is 57.8. The van der Waals surface area contributed by atoms with E-state index >= 15 is 0 Å². The van der Waals surface area contributed by atoms with E-state index in [0.29, 0.717) is 0 Å². The van der Waals surface area contributed by atoms with Crippen molar-refractivity contribution in [3.8, 4) is 0 Å². The average molecular weight is 350 g/mol. The van der Waals surface area contributed by atoms with E-state index in [4.69, 9.17) is 4.74 Å². The number of Topliss-reactive ketones (excluding diaryl/α,β-unsaturated/α-hetero) is 2. The van der Waals surface area contributed by atoms with Crippen LogP contribution in [-0.4, -0.2) is 46.1 Å². The molecule has 3 aliphatic carbocycles. The fraction of sp³-hybridized carbons (Fsp3) is 0.842. The number of aliphatic hydroxyl groups excluding tert-OH is 2. The lowest BCUT2D eigenvalue weighted by molar-refractivity contribution is -0.223. The molecule has 10 atom stereocenters. The van der Waals surface area contributed by atoms with Gasteiger partial charge in [-0.15, -0.1) is 0 Å². The van der Waals surface area contributed by atoms with Crippen molar-refractivity contribution in [2.24, 2.45) is 40.4 Å². The van der Waals surface area contributed by atoms with Gasteiger partial charge in [0.05, 0.1) is 12.0 Å². The predicted octanol–water partition coefficient (Wildman–Crippen LogP) is 0.726. The highest BCUT2D eigenvalue weighted by atomic mass is 16.6. The van der Waals surface area contributed by atoms with Gasteiger partial charge in [0, 0.05) is 35.5 Å². The molecule has 0 aromatic heterocycles. The van der Waals surface area contributed by atoms with Crippen LogP contribution in [0.4, 0.5) is 0 Å². The van der Waals surface area contributed by atoms with Crippen molar-refractivity contribution in [2.45, 2.75) is 58.8 Å². The third kappa shape index (κ3) is 1.75. The van der Waals surface area contributed by atoms with E-state index in [1.54, 1.807) is 6.92 Å². The Morgan fingerprint density at radius 2 is 1.72 bits per heavy atom. The summed E-state index contributed by atoms with van der Waals surface area (Å²) in [5.74, 6) is -2.54. The maximum absolute atomic E-state index is 13.2. The number of rotatable bonds is 0. The summed E-state index contributed by atoms with van der Waals surface area (Å²) in [5, 5.41) is 21.9. The van der Waals surface area contributed by atoms with Crippen LogP contribution in [0.2, 0.25) is 0 Å². The van der Waals surface area contributed by atoms with Crippen LogP contribution in [0.25, 0.3) is 0 Å². The third-order valence-electron chi connectivity index (χ3n) is 8.10. The molecule has 1 heterocycles. The summed E-state index contributed by atoms with van der Waals surface area (Å²) in [6, 6.07) is 0. The molecule has 6 nitrogen and oxygen atoms in total. The first-order valence-electron chi connectivity index (χ1n) is 9.18. The molecule has 0 spiro atoms. The number of ketones is 2. The molecule has 0 radical (unpaired) electrons. The second-order valence-electron chi connectivity index (χ2n) is 9.14. The zero-order valence-electron chi connectivity index (χ0n) is 15.1. The number of hydrogen-bond donors (Lipinski definition) is 2. The summed E-state index contributed by atoms with van der Waals surface area (Å²) < 4.78 is 5.42. The monoisotopic (exact) mass is 350 g/mol. The highest BCUT2D eigenvalue weighted by molar-refractivity contribution is 5.94. The van der Waals surface area contributed by atoms with Gasteiger partial charge in [-0.3, -0.25) is 14.4 Å². The number of hydrogen-bond acceptors (Lipinski definition) is 6. The predicted molar refractivity (Wildman–Crippen MR) is 86.2 cm³/mol. The van der Waals surface area contributed by atoms with Gasteiger partial charge in [0.25, 0.3) is 0 Å². The van der Waals surface area contributed by atoms with E-state index < -0.39 is 46.9 Å². The van der Waals surface area contributed by atoms with Crippen molar-refractivity contribution in [1.29, 1.82) is 0 Å². The molecule has 4 fully saturated rings. The summed E-state index contributed by atoms with van der Waals surface area (Å²) in [4.78, 5) is 38.1. The Morgan fingerprint density at radius 1 is 1.08 bits per heavy atom. The minimum Gasteiger partial charge on any atom is -0.459 e. The minimum atomic E-state index is -1.23. The van der Waals surface area contributed by atoms with Gasteiger partial charge in [0.1, 0.15) is 18.0 Å². The average Bonchev–Trinajstić information content (AvgIpc) is 2.78. The lowest BCUT2D eigenvalue weighted by atomic mass is 9.39. The highest BCUT2D eigenvalue weighted by Crippen LogP contribution is 2.67. The van der Waals surface area contributed by atoms with Gasteiger partial charge in [-0.1, -0.05) is 27.7 Å². The molecule has 6 heteroatoms. The Labute approximate surface area is 146 Å². The second-order valence-corrected chi connectivity index (χ2v) is 9.14. The smallest absolute Gasteiger partial charge is 0.310 e. The highest BCUT2D eigenvalue weighted by Gasteiger charge is 2.75. The van der Waals surface area contributed by atoms with Crippen molar-refractivity contribution in [1.82, 2.24) is 0 Å². The van der Waals surface area contributed by atoms with E-state index in [9.17, 15) is 24.6 Å². The number of aliphatic hydroxyl groups is 2. The molecule has 1 saturated heterocycles. The number of carbonyl (C=O) groups is 3. The summed E-state index contributed by atoms with van der Waals surface area (Å²) in [6.07, 6.45) is -2.51. The largest absolute Gasteiger partial charge is 0.459 e. The molecular formula is C19H26O6. The van der Waals surface area contributed by atoms with E-state index in [0.717, 1.165) is 0 Å². The Balaban J connectivity index is 1.93. The first kappa shape index (κ1) is 17.2. The van der Waals surface area contributed by atoms with Gasteiger partial charge in [0.15, 0.2) is 5.78 Å². The molecule has 2 N–H and O–H groups in total. The Hall–Kier alpha value is -1.27. The molecule has 25 heavy (non-hydrogen) atoms. The van der Waals surface area contributed by atoms with E-state index in [-0.39, 0.29) is 42.2 Å². The fourth-order valence-electron chi connectivity index (χ4n) is 6.96. The molecule has 4 rings (SSSR count). The Bertz CT molecular complexity index is 673. The number of carbonyl (C=O) groups excluding carboxylic acids is 3. The third-order valence-corrected chi connectivity index (χ3v) is 8.10. The standard InChI is InChI=1S/C19H26O6/c1-7-5-10(20)16(23)18(3)9(7)6-11(21)19(4)12-8(2)14(25-17(12)24)13(22)15(18)19/h7-9,12-16,22-23H,5-6H2,1-4H3. The molecule has 0 amide bonds. The van der Waals surface area contributed by atoms with Crippen molar-refractivity contribution in [3.63, 3.8) is 0 Å². The second kappa shape index (κ2) is 4.92. The molecule has 138 valence electrons. The van der Waals surface area contributed by atoms with Gasteiger partial charge >= 0.3 is 5.97 Å². The topological polar surface area (TPSA) is 101 Å². The quantitative estimate of drug-likeness (QED) is 0.625. The van der Waals surface area contributed by atoms with Crippen LogP contribution in [0.5, 0.6) is 0 Å². The van der Waals surface area contributed by atoms with Gasteiger partial charge in [0.2, 0.25) is 0 Å². The summed E-state index contributed by atoms with van der Waals surface area (Å²) in [7, 11) is 0. The van der Waals surface area contributed by atoms with Crippen LogP contribution in [-0.2, 0) is 19.1 Å². The number of ether oxygens (including phenoxy) is 1. The van der Waals surface area contributed by atoms with Crippen LogP contribution in [0.15, 0.2) is 0 Å². The molecule has 1 aliphatic heterocycles.